The molecule has 13 nitrogen and oxygen atoms in total. The summed E-state index contributed by atoms with van der Waals surface area (Å²) in [5.41, 5.74) is 1.94. The maximum absolute atomic E-state index is 14.0. The van der Waals surface area contributed by atoms with Crippen molar-refractivity contribution in [3.05, 3.63) is 53.6 Å². The molecule has 0 radical (unpaired) electrons. The van der Waals surface area contributed by atoms with Crippen LogP contribution in [0.3, 0.4) is 0 Å². The van der Waals surface area contributed by atoms with Crippen molar-refractivity contribution in [3.63, 3.8) is 0 Å². The van der Waals surface area contributed by atoms with Crippen molar-refractivity contribution in [2.75, 3.05) is 43.2 Å². The van der Waals surface area contributed by atoms with Crippen molar-refractivity contribution in [1.29, 1.82) is 0 Å². The largest absolute Gasteiger partial charge is 0.394 e. The van der Waals surface area contributed by atoms with Crippen LogP contribution in [-0.4, -0.2) is 114 Å². The fourth-order valence-electron chi connectivity index (χ4n) is 7.50. The molecule has 7 atom stereocenters. The van der Waals surface area contributed by atoms with E-state index in [9.17, 15) is 43.5 Å². The molecule has 3 rings (SSSR count). The first-order valence-electron chi connectivity index (χ1n) is 19.8. The summed E-state index contributed by atoms with van der Waals surface area (Å²) in [6.45, 7) is 3.49. The molecule has 14 heteroatoms. The van der Waals surface area contributed by atoms with Crippen LogP contribution in [0.15, 0.2) is 47.4 Å². The first kappa shape index (κ1) is 46.3. The molecule has 0 bridgehead atoms. The van der Waals surface area contributed by atoms with Crippen molar-refractivity contribution in [3.8, 4) is 0 Å². The highest BCUT2D eigenvalue weighted by atomic mass is 32.2. The summed E-state index contributed by atoms with van der Waals surface area (Å²) in [5.74, 6) is -1.71. The number of aliphatic hydroxyl groups excluding tert-OH is 6. The van der Waals surface area contributed by atoms with E-state index in [1.165, 1.54) is 0 Å². The van der Waals surface area contributed by atoms with Crippen LogP contribution in [0.4, 0.5) is 11.4 Å². The van der Waals surface area contributed by atoms with Gasteiger partial charge < -0.3 is 46.2 Å². The number of rotatable bonds is 23. The quantitative estimate of drug-likeness (QED) is 0.0761. The van der Waals surface area contributed by atoms with Crippen LogP contribution in [0.1, 0.15) is 114 Å². The predicted molar refractivity (Wildman–Crippen MR) is 214 cm³/mol. The van der Waals surface area contributed by atoms with Gasteiger partial charge in [-0.3, -0.25) is 9.59 Å². The molecule has 0 fully saturated rings. The molecule has 1 aliphatic heterocycles. The number of aliphatic hydroxyl groups is 6. The summed E-state index contributed by atoms with van der Waals surface area (Å²) in [5, 5.41) is 65.3. The van der Waals surface area contributed by atoms with Gasteiger partial charge in [-0.05, 0) is 67.1 Å². The first-order chi connectivity index (χ1) is 26.1. The van der Waals surface area contributed by atoms with Gasteiger partial charge in [-0.15, -0.1) is 0 Å². The molecule has 55 heavy (non-hydrogen) atoms. The molecule has 0 unspecified atom stereocenters. The maximum atomic E-state index is 14.0. The average Bonchev–Trinajstić information content (AvgIpc) is 3.24. The zero-order valence-electron chi connectivity index (χ0n) is 33.0. The lowest BCUT2D eigenvalue weighted by Gasteiger charge is -2.39. The van der Waals surface area contributed by atoms with Crippen LogP contribution in [0.2, 0.25) is 0 Å². The Labute approximate surface area is 327 Å². The van der Waals surface area contributed by atoms with Crippen LogP contribution in [0.5, 0.6) is 0 Å². The van der Waals surface area contributed by atoms with E-state index in [-0.39, 0.29) is 23.1 Å². The van der Waals surface area contributed by atoms with Gasteiger partial charge >= 0.3 is 0 Å². The molecular weight excluding hydrogens is 727 g/mol. The summed E-state index contributed by atoms with van der Waals surface area (Å²) in [7, 11) is 0.0905. The summed E-state index contributed by atoms with van der Waals surface area (Å²) in [6.07, 6.45) is 1.85. The van der Waals surface area contributed by atoms with Crippen LogP contribution in [0.25, 0.3) is 0 Å². The SMILES string of the molecule is CCCC[C@@]1(CC)CS(=O)(=O)c2ccc(N(C)C)cc2[C@H](c2cccc(NC(=O)CCCCCCCCCCNC(=O)[C@@H](O)[C@H](O)[C@@H](O)[C@H](O)CO)c2)[C@@H]1O. The van der Waals surface area contributed by atoms with Gasteiger partial charge in [-0.1, -0.05) is 77.3 Å². The Morgan fingerprint density at radius 3 is 2.16 bits per heavy atom. The minimum atomic E-state index is -3.71. The van der Waals surface area contributed by atoms with Gasteiger partial charge in [-0.25, -0.2) is 8.42 Å². The van der Waals surface area contributed by atoms with E-state index in [0.29, 0.717) is 36.9 Å². The van der Waals surface area contributed by atoms with Crippen LogP contribution < -0.4 is 15.5 Å². The fraction of sp³-hybridized carbons (Fsp3) is 0.659. The molecule has 1 heterocycles. The lowest BCUT2D eigenvalue weighted by molar-refractivity contribution is -0.148. The third-order valence-corrected chi connectivity index (χ3v) is 13.0. The number of carbonyl (C=O) groups is 2. The fourth-order valence-corrected chi connectivity index (χ4v) is 9.75. The highest BCUT2D eigenvalue weighted by molar-refractivity contribution is 7.91. The van der Waals surface area contributed by atoms with Crippen molar-refractivity contribution < 1.29 is 48.6 Å². The topological polar surface area (TPSA) is 217 Å². The molecule has 310 valence electrons. The Hall–Kier alpha value is -3.11. The number of fused-ring (bicyclic) bond motifs is 1. The molecule has 2 amide bonds. The Bertz CT molecular complexity index is 1620. The Morgan fingerprint density at radius 1 is 0.891 bits per heavy atom. The minimum absolute atomic E-state index is 0.110. The van der Waals surface area contributed by atoms with Crippen molar-refractivity contribution in [2.24, 2.45) is 5.41 Å². The van der Waals surface area contributed by atoms with Gasteiger partial charge in [0.25, 0.3) is 5.91 Å². The van der Waals surface area contributed by atoms with Crippen LogP contribution in [0, 0.1) is 5.41 Å². The number of unbranched alkanes of at least 4 members (excludes halogenated alkanes) is 8. The first-order valence-corrected chi connectivity index (χ1v) is 21.5. The molecule has 0 spiro atoms. The molecule has 0 aromatic heterocycles. The van der Waals surface area contributed by atoms with Crippen LogP contribution >= 0.6 is 0 Å². The molecule has 8 N–H and O–H groups in total. The highest BCUT2D eigenvalue weighted by Crippen LogP contribution is 2.49. The summed E-state index contributed by atoms with van der Waals surface area (Å²) in [6, 6.07) is 12.8. The zero-order valence-corrected chi connectivity index (χ0v) is 33.8. The Kier molecular flexibility index (Phi) is 18.5. The van der Waals surface area contributed by atoms with Gasteiger partial charge in [0.1, 0.15) is 18.3 Å². The Balaban J connectivity index is 1.51. The number of hydrogen-bond acceptors (Lipinski definition) is 11. The summed E-state index contributed by atoms with van der Waals surface area (Å²) >= 11 is 0. The number of anilines is 2. The van der Waals surface area contributed by atoms with Gasteiger partial charge in [0.15, 0.2) is 15.9 Å². The normalized spacial score (nSPS) is 21.4. The van der Waals surface area contributed by atoms with Gasteiger partial charge in [0.05, 0.1) is 23.4 Å². The molecule has 0 saturated carbocycles. The average molecular weight is 792 g/mol. The highest BCUT2D eigenvalue weighted by Gasteiger charge is 2.49. The number of sulfone groups is 1. The molecular formula is C41H65N3O10S. The monoisotopic (exact) mass is 791 g/mol. The number of carbonyl (C=O) groups excluding carboxylic acids is 2. The zero-order chi connectivity index (χ0) is 40.8. The van der Waals surface area contributed by atoms with E-state index in [2.05, 4.69) is 17.6 Å². The number of hydrogen-bond donors (Lipinski definition) is 8. The number of nitrogens with one attached hydrogen (secondary N) is 2. The van der Waals surface area contributed by atoms with E-state index < -0.39 is 64.2 Å². The van der Waals surface area contributed by atoms with Crippen molar-refractivity contribution >= 4 is 33.0 Å². The minimum Gasteiger partial charge on any atom is -0.394 e. The number of nitrogens with zero attached hydrogens (tertiary/aromatic N) is 1. The number of amides is 2. The number of benzene rings is 2. The molecule has 2 aromatic carbocycles. The second kappa shape index (κ2) is 22.0. The third-order valence-electron chi connectivity index (χ3n) is 11.0. The van der Waals surface area contributed by atoms with Crippen molar-refractivity contribution in [2.45, 2.75) is 139 Å². The van der Waals surface area contributed by atoms with E-state index >= 15 is 0 Å². The van der Waals surface area contributed by atoms with E-state index in [1.54, 1.807) is 12.1 Å². The molecule has 0 aliphatic carbocycles. The lowest BCUT2D eigenvalue weighted by Crippen LogP contribution is -2.51. The second-order valence-corrected chi connectivity index (χ2v) is 17.3. The Morgan fingerprint density at radius 2 is 1.55 bits per heavy atom. The molecule has 1 aliphatic rings. The lowest BCUT2D eigenvalue weighted by atomic mass is 9.69. The summed E-state index contributed by atoms with van der Waals surface area (Å²) in [4.78, 5) is 27.2. The van der Waals surface area contributed by atoms with E-state index in [4.69, 9.17) is 5.11 Å². The van der Waals surface area contributed by atoms with E-state index in [0.717, 1.165) is 69.0 Å². The van der Waals surface area contributed by atoms with Crippen molar-refractivity contribution in [1.82, 2.24) is 5.32 Å². The van der Waals surface area contributed by atoms with Gasteiger partial charge in [0.2, 0.25) is 5.91 Å². The van der Waals surface area contributed by atoms with Gasteiger partial charge in [0, 0.05) is 49.8 Å². The smallest absolute Gasteiger partial charge is 0.251 e. The van der Waals surface area contributed by atoms with Crippen LogP contribution in [-0.2, 0) is 19.4 Å². The molecule has 2 aromatic rings. The standard InChI is InChI=1S/C41H65N3O10S/c1-5-7-22-41(6-2)27-55(53,54)33-21-20-30(44(3)4)25-31(33)35(39(41)51)28-17-16-18-29(24-28)43-34(47)19-14-12-10-8-9-11-13-15-23-42-40(52)38(50)37(49)36(48)32(46)26-45/h16-18,20-21,24-25,32,35-39,45-46,48-51H,5-15,19,22-23,26-27H2,1-4H3,(H,42,52)(H,43,47)/t32-,35+,36+,37-,38+,39+,41+/m1/s1. The second-order valence-electron chi connectivity index (χ2n) is 15.3. The third kappa shape index (κ3) is 12.7. The molecule has 0 saturated heterocycles. The van der Waals surface area contributed by atoms with Gasteiger partial charge in [-0.2, -0.15) is 0 Å². The maximum Gasteiger partial charge on any atom is 0.251 e. The predicted octanol–water partition coefficient (Wildman–Crippen LogP) is 3.62. The summed E-state index contributed by atoms with van der Waals surface area (Å²) < 4.78 is 27.9. The van der Waals surface area contributed by atoms with E-state index in [1.807, 2.05) is 56.3 Å².